The van der Waals surface area contributed by atoms with Gasteiger partial charge in [-0.25, -0.2) is 0 Å². The van der Waals surface area contributed by atoms with Crippen LogP contribution < -0.4 is 0 Å². The van der Waals surface area contributed by atoms with Crippen LogP contribution in [0.5, 0.6) is 0 Å². The first-order valence-electron chi connectivity index (χ1n) is 4.76. The molecule has 14 heavy (non-hydrogen) atoms. The smallest absolute Gasteiger partial charge is 0.320 e. The van der Waals surface area contributed by atoms with E-state index in [2.05, 4.69) is 17.0 Å². The predicted octanol–water partition coefficient (Wildman–Crippen LogP) is 1.05. The van der Waals surface area contributed by atoms with Crippen LogP contribution in [0.1, 0.15) is 5.56 Å². The summed E-state index contributed by atoms with van der Waals surface area (Å²) >= 11 is 0. The molecule has 0 aliphatic carbocycles. The quantitative estimate of drug-likeness (QED) is 0.654. The van der Waals surface area contributed by atoms with Gasteiger partial charge in [-0.3, -0.25) is 9.69 Å². The van der Waals surface area contributed by atoms with E-state index in [0.29, 0.717) is 13.2 Å². The molecule has 0 unspecified atom stereocenters. The minimum atomic E-state index is -0.118. The predicted molar refractivity (Wildman–Crippen MR) is 52.7 cm³/mol. The third kappa shape index (κ3) is 2.33. The van der Waals surface area contributed by atoms with Crippen LogP contribution in [0.25, 0.3) is 0 Å². The molecule has 1 heterocycles. The van der Waals surface area contributed by atoms with Gasteiger partial charge in [-0.2, -0.15) is 0 Å². The van der Waals surface area contributed by atoms with E-state index in [1.54, 1.807) is 0 Å². The van der Waals surface area contributed by atoms with Crippen LogP contribution in [-0.4, -0.2) is 30.6 Å². The standard InChI is InChI=1S/C11H13NO2/c13-11-9-12(6-7-14-11)8-10-4-2-1-3-5-10/h1-5H,6-9H2. The number of hydrogen-bond donors (Lipinski definition) is 0. The summed E-state index contributed by atoms with van der Waals surface area (Å²) in [5, 5.41) is 0. The van der Waals surface area contributed by atoms with Crippen LogP contribution in [-0.2, 0) is 16.1 Å². The van der Waals surface area contributed by atoms with Gasteiger partial charge < -0.3 is 4.74 Å². The Kier molecular flexibility index (Phi) is 2.79. The summed E-state index contributed by atoms with van der Waals surface area (Å²) in [5.41, 5.74) is 1.24. The summed E-state index contributed by atoms with van der Waals surface area (Å²) < 4.78 is 4.87. The molecule has 0 aromatic heterocycles. The van der Waals surface area contributed by atoms with Gasteiger partial charge in [0.15, 0.2) is 0 Å². The van der Waals surface area contributed by atoms with E-state index < -0.39 is 0 Å². The Hall–Kier alpha value is -1.35. The van der Waals surface area contributed by atoms with Gasteiger partial charge in [0.2, 0.25) is 0 Å². The number of hydrogen-bond acceptors (Lipinski definition) is 3. The Balaban J connectivity index is 1.94. The maximum Gasteiger partial charge on any atom is 0.320 e. The molecular formula is C11H13NO2. The van der Waals surface area contributed by atoms with Gasteiger partial charge in [-0.05, 0) is 5.56 Å². The van der Waals surface area contributed by atoms with E-state index in [0.717, 1.165) is 13.1 Å². The topological polar surface area (TPSA) is 29.5 Å². The van der Waals surface area contributed by atoms with Crippen LogP contribution in [0, 0.1) is 0 Å². The van der Waals surface area contributed by atoms with E-state index >= 15 is 0 Å². The number of ether oxygens (including phenoxy) is 1. The fourth-order valence-corrected chi connectivity index (χ4v) is 1.57. The zero-order valence-corrected chi connectivity index (χ0v) is 7.98. The van der Waals surface area contributed by atoms with Gasteiger partial charge in [0, 0.05) is 13.1 Å². The molecule has 1 aliphatic rings. The second-order valence-corrected chi connectivity index (χ2v) is 3.42. The Morgan fingerprint density at radius 2 is 2.07 bits per heavy atom. The van der Waals surface area contributed by atoms with Crippen molar-refractivity contribution in [1.29, 1.82) is 0 Å². The summed E-state index contributed by atoms with van der Waals surface area (Å²) in [7, 11) is 0. The number of benzene rings is 1. The summed E-state index contributed by atoms with van der Waals surface area (Å²) in [6.07, 6.45) is 0. The average Bonchev–Trinajstić information content (AvgIpc) is 2.19. The zero-order valence-electron chi connectivity index (χ0n) is 7.98. The van der Waals surface area contributed by atoms with Gasteiger partial charge >= 0.3 is 5.97 Å². The lowest BCUT2D eigenvalue weighted by molar-refractivity contribution is -0.150. The fraction of sp³-hybridized carbons (Fsp3) is 0.364. The van der Waals surface area contributed by atoms with Crippen molar-refractivity contribution in [3.8, 4) is 0 Å². The van der Waals surface area contributed by atoms with Crippen LogP contribution in [0.15, 0.2) is 30.3 Å². The molecule has 0 saturated carbocycles. The van der Waals surface area contributed by atoms with Gasteiger partial charge in [-0.1, -0.05) is 30.3 Å². The number of morpholine rings is 1. The number of carbonyl (C=O) groups excluding carboxylic acids is 1. The lowest BCUT2D eigenvalue weighted by Gasteiger charge is -2.25. The monoisotopic (exact) mass is 191 g/mol. The zero-order chi connectivity index (χ0) is 9.80. The first-order valence-corrected chi connectivity index (χ1v) is 4.76. The molecule has 1 aromatic carbocycles. The molecule has 0 radical (unpaired) electrons. The van der Waals surface area contributed by atoms with E-state index in [9.17, 15) is 4.79 Å². The molecule has 1 aromatic rings. The van der Waals surface area contributed by atoms with Gasteiger partial charge in [0.05, 0.1) is 6.54 Å². The van der Waals surface area contributed by atoms with E-state index in [1.165, 1.54) is 5.56 Å². The minimum absolute atomic E-state index is 0.118. The maximum absolute atomic E-state index is 11.0. The average molecular weight is 191 g/mol. The Labute approximate surface area is 83.3 Å². The summed E-state index contributed by atoms with van der Waals surface area (Å²) in [6, 6.07) is 10.2. The van der Waals surface area contributed by atoms with Gasteiger partial charge in [0.25, 0.3) is 0 Å². The molecule has 0 bridgehead atoms. The van der Waals surface area contributed by atoms with Crippen molar-refractivity contribution in [2.24, 2.45) is 0 Å². The Morgan fingerprint density at radius 3 is 2.79 bits per heavy atom. The number of cyclic esters (lactones) is 1. The van der Waals surface area contributed by atoms with Crippen molar-refractivity contribution in [1.82, 2.24) is 4.90 Å². The summed E-state index contributed by atoms with van der Waals surface area (Å²) in [5.74, 6) is -0.118. The molecule has 1 saturated heterocycles. The van der Waals surface area contributed by atoms with Gasteiger partial charge in [-0.15, -0.1) is 0 Å². The van der Waals surface area contributed by atoms with E-state index in [4.69, 9.17) is 4.74 Å². The molecule has 3 heteroatoms. The number of carbonyl (C=O) groups is 1. The van der Waals surface area contributed by atoms with Crippen molar-refractivity contribution in [2.75, 3.05) is 19.7 Å². The van der Waals surface area contributed by atoms with Crippen LogP contribution in [0.4, 0.5) is 0 Å². The highest BCUT2D eigenvalue weighted by atomic mass is 16.5. The lowest BCUT2D eigenvalue weighted by atomic mass is 10.2. The molecule has 0 spiro atoms. The number of esters is 1. The van der Waals surface area contributed by atoms with Crippen molar-refractivity contribution in [3.63, 3.8) is 0 Å². The largest absolute Gasteiger partial charge is 0.463 e. The molecule has 0 N–H and O–H groups in total. The normalized spacial score (nSPS) is 17.9. The lowest BCUT2D eigenvalue weighted by Crippen LogP contribution is -2.39. The first kappa shape index (κ1) is 9.21. The highest BCUT2D eigenvalue weighted by Crippen LogP contribution is 2.06. The third-order valence-corrected chi connectivity index (χ3v) is 2.27. The number of nitrogens with zero attached hydrogens (tertiary/aromatic N) is 1. The van der Waals surface area contributed by atoms with Crippen molar-refractivity contribution in [2.45, 2.75) is 6.54 Å². The second kappa shape index (κ2) is 4.24. The number of rotatable bonds is 2. The molecule has 2 rings (SSSR count). The highest BCUT2D eigenvalue weighted by Gasteiger charge is 2.17. The van der Waals surface area contributed by atoms with Crippen LogP contribution in [0.3, 0.4) is 0 Å². The minimum Gasteiger partial charge on any atom is -0.463 e. The third-order valence-electron chi connectivity index (χ3n) is 2.27. The van der Waals surface area contributed by atoms with Crippen molar-refractivity contribution in [3.05, 3.63) is 35.9 Å². The Bertz CT molecular complexity index is 310. The molecule has 0 atom stereocenters. The molecule has 3 nitrogen and oxygen atoms in total. The molecular weight excluding hydrogens is 178 g/mol. The van der Waals surface area contributed by atoms with E-state index in [1.807, 2.05) is 18.2 Å². The SMILES string of the molecule is O=C1CN(Cc2ccccc2)CCO1. The van der Waals surface area contributed by atoms with Gasteiger partial charge in [0.1, 0.15) is 6.61 Å². The molecule has 74 valence electrons. The maximum atomic E-state index is 11.0. The molecule has 1 aliphatic heterocycles. The fourth-order valence-electron chi connectivity index (χ4n) is 1.57. The van der Waals surface area contributed by atoms with Crippen molar-refractivity contribution < 1.29 is 9.53 Å². The second-order valence-electron chi connectivity index (χ2n) is 3.42. The molecule has 1 fully saturated rings. The summed E-state index contributed by atoms with van der Waals surface area (Å²) in [6.45, 7) is 2.59. The summed E-state index contributed by atoms with van der Waals surface area (Å²) in [4.78, 5) is 13.1. The van der Waals surface area contributed by atoms with Crippen LogP contribution >= 0.6 is 0 Å². The first-order chi connectivity index (χ1) is 6.84. The van der Waals surface area contributed by atoms with Crippen LogP contribution in [0.2, 0.25) is 0 Å². The van der Waals surface area contributed by atoms with Crippen molar-refractivity contribution >= 4 is 5.97 Å². The molecule has 0 amide bonds. The highest BCUT2D eigenvalue weighted by molar-refractivity contribution is 5.72. The Morgan fingerprint density at radius 1 is 1.29 bits per heavy atom. The van der Waals surface area contributed by atoms with E-state index in [-0.39, 0.29) is 5.97 Å².